The molecule has 2 aromatic carbocycles. The van der Waals surface area contributed by atoms with Crippen LogP contribution in [0.5, 0.6) is 0 Å². The molecule has 29 heavy (non-hydrogen) atoms. The highest BCUT2D eigenvalue weighted by atomic mass is 35.5. The Labute approximate surface area is 177 Å². The summed E-state index contributed by atoms with van der Waals surface area (Å²) >= 11 is 6.09. The first-order valence-corrected chi connectivity index (χ1v) is 10.5. The molecule has 2 saturated heterocycles. The lowest BCUT2D eigenvalue weighted by Crippen LogP contribution is -2.48. The quantitative estimate of drug-likeness (QED) is 0.815. The molecular formula is C22H27ClN4O2. The van der Waals surface area contributed by atoms with E-state index in [-0.39, 0.29) is 5.91 Å². The number of rotatable bonds is 5. The lowest BCUT2D eigenvalue weighted by molar-refractivity contribution is -0.117. The number of hydrogen-bond donors (Lipinski definition) is 1. The second-order valence-corrected chi connectivity index (χ2v) is 7.87. The summed E-state index contributed by atoms with van der Waals surface area (Å²) in [6, 6.07) is 16.0. The minimum Gasteiger partial charge on any atom is -0.378 e. The molecule has 2 aliphatic heterocycles. The Hall–Kier alpha value is -2.28. The van der Waals surface area contributed by atoms with E-state index in [1.54, 1.807) is 0 Å². The SMILES string of the molecule is O=C(CN1CCN(c2cccc(Cl)c2)CC1)Nc1ccc(N2CCOCC2)cc1. The van der Waals surface area contributed by atoms with E-state index in [2.05, 4.69) is 38.2 Å². The van der Waals surface area contributed by atoms with Crippen LogP contribution in [0.3, 0.4) is 0 Å². The monoisotopic (exact) mass is 414 g/mol. The van der Waals surface area contributed by atoms with E-state index < -0.39 is 0 Å². The molecule has 7 heteroatoms. The molecule has 2 heterocycles. The highest BCUT2D eigenvalue weighted by Gasteiger charge is 2.19. The smallest absolute Gasteiger partial charge is 0.238 e. The van der Waals surface area contributed by atoms with Crippen LogP contribution in [0.4, 0.5) is 17.1 Å². The molecule has 0 aromatic heterocycles. The van der Waals surface area contributed by atoms with Crippen LogP contribution in [0, 0.1) is 0 Å². The van der Waals surface area contributed by atoms with Crippen LogP contribution < -0.4 is 15.1 Å². The van der Waals surface area contributed by atoms with Crippen molar-refractivity contribution in [3.05, 3.63) is 53.6 Å². The molecule has 0 saturated carbocycles. The molecule has 4 rings (SSSR count). The van der Waals surface area contributed by atoms with E-state index in [0.29, 0.717) is 6.54 Å². The number of anilines is 3. The Morgan fingerprint density at radius 3 is 2.28 bits per heavy atom. The molecule has 154 valence electrons. The zero-order chi connectivity index (χ0) is 20.1. The number of amides is 1. The van der Waals surface area contributed by atoms with Crippen LogP contribution in [0.25, 0.3) is 0 Å². The van der Waals surface area contributed by atoms with Crippen LogP contribution in [-0.4, -0.2) is 69.8 Å². The fourth-order valence-corrected chi connectivity index (χ4v) is 4.00. The van der Waals surface area contributed by atoms with Gasteiger partial charge in [0.1, 0.15) is 0 Å². The maximum absolute atomic E-state index is 12.5. The van der Waals surface area contributed by atoms with Crippen molar-refractivity contribution in [3.8, 4) is 0 Å². The summed E-state index contributed by atoms with van der Waals surface area (Å²) in [5.41, 5.74) is 3.15. The molecule has 0 bridgehead atoms. The predicted octanol–water partition coefficient (Wildman–Crippen LogP) is 2.94. The van der Waals surface area contributed by atoms with Gasteiger partial charge in [-0.25, -0.2) is 0 Å². The summed E-state index contributed by atoms with van der Waals surface area (Å²) in [4.78, 5) is 19.3. The van der Waals surface area contributed by atoms with Crippen LogP contribution in [-0.2, 0) is 9.53 Å². The van der Waals surface area contributed by atoms with Gasteiger partial charge in [0.25, 0.3) is 0 Å². The molecule has 0 unspecified atom stereocenters. The fourth-order valence-electron chi connectivity index (χ4n) is 3.82. The van der Waals surface area contributed by atoms with Gasteiger partial charge in [-0.15, -0.1) is 0 Å². The van der Waals surface area contributed by atoms with Crippen molar-refractivity contribution in [1.82, 2.24) is 4.90 Å². The number of halogens is 1. The maximum Gasteiger partial charge on any atom is 0.238 e. The molecule has 2 aliphatic rings. The minimum atomic E-state index is 0.0281. The van der Waals surface area contributed by atoms with Crippen LogP contribution in [0.15, 0.2) is 48.5 Å². The molecule has 6 nitrogen and oxygen atoms in total. The van der Waals surface area contributed by atoms with E-state index in [1.807, 2.05) is 30.3 Å². The Morgan fingerprint density at radius 1 is 0.897 bits per heavy atom. The van der Waals surface area contributed by atoms with E-state index in [0.717, 1.165) is 68.9 Å². The molecule has 0 spiro atoms. The highest BCUT2D eigenvalue weighted by Crippen LogP contribution is 2.21. The maximum atomic E-state index is 12.5. The predicted molar refractivity (Wildman–Crippen MR) is 118 cm³/mol. The third-order valence-corrected chi connectivity index (χ3v) is 5.68. The van der Waals surface area contributed by atoms with Gasteiger partial charge in [0.05, 0.1) is 19.8 Å². The number of carbonyl (C=O) groups excluding carboxylic acids is 1. The van der Waals surface area contributed by atoms with Gasteiger partial charge in [-0.1, -0.05) is 17.7 Å². The van der Waals surface area contributed by atoms with Gasteiger partial charge in [-0.05, 0) is 42.5 Å². The van der Waals surface area contributed by atoms with E-state index in [1.165, 1.54) is 5.69 Å². The van der Waals surface area contributed by atoms with Gasteiger partial charge in [0.2, 0.25) is 5.91 Å². The number of hydrogen-bond acceptors (Lipinski definition) is 5. The van der Waals surface area contributed by atoms with E-state index in [4.69, 9.17) is 16.3 Å². The summed E-state index contributed by atoms with van der Waals surface area (Å²) in [5.74, 6) is 0.0281. The van der Waals surface area contributed by atoms with Crippen molar-refractivity contribution >= 4 is 34.6 Å². The summed E-state index contributed by atoms with van der Waals surface area (Å²) < 4.78 is 5.39. The molecule has 0 aliphatic carbocycles. The number of nitrogens with one attached hydrogen (secondary N) is 1. The van der Waals surface area contributed by atoms with Gasteiger partial charge >= 0.3 is 0 Å². The molecule has 1 N–H and O–H groups in total. The van der Waals surface area contributed by atoms with E-state index >= 15 is 0 Å². The topological polar surface area (TPSA) is 48.1 Å². The van der Waals surface area contributed by atoms with Gasteiger partial charge in [-0.3, -0.25) is 9.69 Å². The number of piperazine rings is 1. The lowest BCUT2D eigenvalue weighted by Gasteiger charge is -2.35. The van der Waals surface area contributed by atoms with Gasteiger partial charge in [0.15, 0.2) is 0 Å². The highest BCUT2D eigenvalue weighted by molar-refractivity contribution is 6.30. The number of morpholine rings is 1. The van der Waals surface area contributed by atoms with Crippen molar-refractivity contribution in [3.63, 3.8) is 0 Å². The Balaban J connectivity index is 1.24. The zero-order valence-corrected chi connectivity index (χ0v) is 17.3. The summed E-state index contributed by atoms with van der Waals surface area (Å²) in [7, 11) is 0. The average Bonchev–Trinajstić information content (AvgIpc) is 2.75. The first-order chi connectivity index (χ1) is 14.2. The normalized spacial score (nSPS) is 18.0. The third kappa shape index (κ3) is 5.41. The number of ether oxygens (including phenoxy) is 1. The van der Waals surface area contributed by atoms with Crippen molar-refractivity contribution in [1.29, 1.82) is 0 Å². The van der Waals surface area contributed by atoms with Crippen LogP contribution in [0.2, 0.25) is 5.02 Å². The van der Waals surface area contributed by atoms with Gasteiger partial charge < -0.3 is 19.9 Å². The van der Waals surface area contributed by atoms with Crippen molar-refractivity contribution in [2.45, 2.75) is 0 Å². The summed E-state index contributed by atoms with van der Waals surface area (Å²) in [6.07, 6.45) is 0. The average molecular weight is 415 g/mol. The van der Waals surface area contributed by atoms with Crippen LogP contribution >= 0.6 is 11.6 Å². The summed E-state index contributed by atoms with van der Waals surface area (Å²) in [5, 5.41) is 3.77. The Morgan fingerprint density at radius 2 is 1.59 bits per heavy atom. The van der Waals surface area contributed by atoms with E-state index in [9.17, 15) is 4.79 Å². The molecule has 0 atom stereocenters. The lowest BCUT2D eigenvalue weighted by atomic mass is 10.2. The minimum absolute atomic E-state index is 0.0281. The molecule has 2 aromatic rings. The van der Waals surface area contributed by atoms with Crippen molar-refractivity contribution < 1.29 is 9.53 Å². The number of carbonyl (C=O) groups is 1. The van der Waals surface area contributed by atoms with Gasteiger partial charge in [0, 0.05) is 61.4 Å². The van der Waals surface area contributed by atoms with Crippen molar-refractivity contribution in [2.75, 3.05) is 74.1 Å². The second kappa shape index (κ2) is 9.48. The number of nitrogens with zero attached hydrogens (tertiary/aromatic N) is 3. The Kier molecular flexibility index (Phi) is 6.54. The molecule has 2 fully saturated rings. The Bertz CT molecular complexity index is 816. The molecule has 1 amide bonds. The number of benzene rings is 2. The standard InChI is InChI=1S/C22H27ClN4O2/c23-18-2-1-3-21(16-18)26-10-8-25(9-11-26)17-22(28)24-19-4-6-20(7-5-19)27-12-14-29-15-13-27/h1-7,16H,8-15,17H2,(H,24,28). The van der Waals surface area contributed by atoms with Crippen molar-refractivity contribution in [2.24, 2.45) is 0 Å². The second-order valence-electron chi connectivity index (χ2n) is 7.44. The fraction of sp³-hybridized carbons (Fsp3) is 0.409. The zero-order valence-electron chi connectivity index (χ0n) is 16.5. The third-order valence-electron chi connectivity index (χ3n) is 5.44. The van der Waals surface area contributed by atoms with Gasteiger partial charge in [-0.2, -0.15) is 0 Å². The summed E-state index contributed by atoms with van der Waals surface area (Å²) in [6.45, 7) is 7.26. The molecule has 0 radical (unpaired) electrons. The largest absolute Gasteiger partial charge is 0.378 e. The first-order valence-electron chi connectivity index (χ1n) is 10.1. The molecular weight excluding hydrogens is 388 g/mol. The first kappa shape index (κ1) is 20.0. The van der Waals surface area contributed by atoms with Crippen LogP contribution in [0.1, 0.15) is 0 Å².